The van der Waals surface area contributed by atoms with Crippen LogP contribution in [0.25, 0.3) is 0 Å². The maximum atomic E-state index is 11.9. The fourth-order valence-electron chi connectivity index (χ4n) is 3.30. The van der Waals surface area contributed by atoms with Crippen LogP contribution >= 0.6 is 0 Å². The first-order valence-electron chi connectivity index (χ1n) is 6.94. The van der Waals surface area contributed by atoms with E-state index in [9.17, 15) is 8.42 Å². The lowest BCUT2D eigenvalue weighted by Gasteiger charge is -2.31. The zero-order valence-corrected chi connectivity index (χ0v) is 12.4. The fourth-order valence-corrected chi connectivity index (χ4v) is 4.47. The molecule has 3 unspecified atom stereocenters. The minimum Gasteiger partial charge on any atom is -0.347 e. The van der Waals surface area contributed by atoms with Gasteiger partial charge in [-0.05, 0) is 19.4 Å². The molecule has 3 N–H and O–H groups in total. The van der Waals surface area contributed by atoms with Crippen molar-refractivity contribution in [3.8, 4) is 0 Å². The average Bonchev–Trinajstić information content (AvgIpc) is 3.07. The standard InChI is InChI=1S/C12H21N5O2S/c1-20(18,19)11-6-15-16-12(11)10-3-2-4-17(10)7-9-5-13-8-14-9/h5,8,10-12,15-16H,2-4,6-7H2,1H3,(H,13,14). The van der Waals surface area contributed by atoms with Crippen LogP contribution in [0.2, 0.25) is 0 Å². The van der Waals surface area contributed by atoms with Crippen molar-refractivity contribution >= 4 is 9.84 Å². The van der Waals surface area contributed by atoms with Crippen LogP contribution in [-0.2, 0) is 16.4 Å². The molecule has 0 bridgehead atoms. The summed E-state index contributed by atoms with van der Waals surface area (Å²) < 4.78 is 23.8. The van der Waals surface area contributed by atoms with Crippen molar-refractivity contribution in [3.05, 3.63) is 18.2 Å². The van der Waals surface area contributed by atoms with Crippen LogP contribution in [-0.4, -0.2) is 60.0 Å². The van der Waals surface area contributed by atoms with E-state index < -0.39 is 9.84 Å². The molecule has 8 heteroatoms. The molecule has 2 saturated heterocycles. The minimum absolute atomic E-state index is 0.0459. The number of sulfone groups is 1. The Bertz CT molecular complexity index is 544. The van der Waals surface area contributed by atoms with E-state index in [1.54, 1.807) is 6.33 Å². The predicted molar refractivity (Wildman–Crippen MR) is 75.6 cm³/mol. The molecule has 0 radical (unpaired) electrons. The highest BCUT2D eigenvalue weighted by Gasteiger charge is 2.43. The Kier molecular flexibility index (Phi) is 3.80. The Balaban J connectivity index is 1.74. The van der Waals surface area contributed by atoms with Gasteiger partial charge in [0.05, 0.1) is 17.6 Å². The predicted octanol–water partition coefficient (Wildman–Crippen LogP) is -0.736. The third-order valence-corrected chi connectivity index (χ3v) is 5.84. The molecule has 0 amide bonds. The largest absolute Gasteiger partial charge is 0.347 e. The molecule has 0 saturated carbocycles. The number of hydrogen-bond donors (Lipinski definition) is 3. The number of nitrogens with one attached hydrogen (secondary N) is 3. The van der Waals surface area contributed by atoms with E-state index >= 15 is 0 Å². The van der Waals surface area contributed by atoms with Gasteiger partial charge in [-0.3, -0.25) is 15.8 Å². The third-order valence-electron chi connectivity index (χ3n) is 4.28. The molecule has 7 nitrogen and oxygen atoms in total. The first-order chi connectivity index (χ1) is 9.55. The number of likely N-dealkylation sites (tertiary alicyclic amines) is 1. The molecule has 20 heavy (non-hydrogen) atoms. The zero-order valence-electron chi connectivity index (χ0n) is 11.5. The zero-order chi connectivity index (χ0) is 14.2. The second kappa shape index (κ2) is 5.44. The smallest absolute Gasteiger partial charge is 0.153 e. The maximum Gasteiger partial charge on any atom is 0.153 e. The number of H-pyrrole nitrogens is 1. The van der Waals surface area contributed by atoms with Gasteiger partial charge in [0.25, 0.3) is 0 Å². The van der Waals surface area contributed by atoms with Crippen LogP contribution in [0.1, 0.15) is 18.5 Å². The van der Waals surface area contributed by atoms with E-state index in [0.29, 0.717) is 6.54 Å². The van der Waals surface area contributed by atoms with Crippen LogP contribution in [0.3, 0.4) is 0 Å². The van der Waals surface area contributed by atoms with E-state index in [2.05, 4.69) is 25.7 Å². The SMILES string of the molecule is CS(=O)(=O)C1CNNC1C1CCCN1Cc1cnc[nH]1. The molecule has 0 spiro atoms. The van der Waals surface area contributed by atoms with E-state index in [0.717, 1.165) is 31.6 Å². The Labute approximate surface area is 119 Å². The fraction of sp³-hybridized carbons (Fsp3) is 0.750. The monoisotopic (exact) mass is 299 g/mol. The summed E-state index contributed by atoms with van der Waals surface area (Å²) in [5.74, 6) is 0. The number of hydrogen-bond acceptors (Lipinski definition) is 6. The Morgan fingerprint density at radius 1 is 1.50 bits per heavy atom. The molecular formula is C12H21N5O2S. The Morgan fingerprint density at radius 3 is 3.05 bits per heavy atom. The lowest BCUT2D eigenvalue weighted by atomic mass is 10.0. The Morgan fingerprint density at radius 2 is 2.35 bits per heavy atom. The molecule has 3 rings (SSSR count). The quantitative estimate of drug-likeness (QED) is 0.679. The maximum absolute atomic E-state index is 11.9. The lowest BCUT2D eigenvalue weighted by molar-refractivity contribution is 0.202. The molecule has 2 aliphatic rings. The molecule has 1 aromatic heterocycles. The van der Waals surface area contributed by atoms with Crippen LogP contribution in [0, 0.1) is 0 Å². The second-order valence-corrected chi connectivity index (χ2v) is 7.94. The van der Waals surface area contributed by atoms with Crippen LogP contribution in [0.4, 0.5) is 0 Å². The van der Waals surface area contributed by atoms with Crippen LogP contribution < -0.4 is 10.9 Å². The van der Waals surface area contributed by atoms with Gasteiger partial charge in [0, 0.05) is 37.3 Å². The van der Waals surface area contributed by atoms with E-state index in [1.165, 1.54) is 6.26 Å². The van der Waals surface area contributed by atoms with E-state index in [-0.39, 0.29) is 17.3 Å². The normalized spacial score (nSPS) is 31.9. The topological polar surface area (TPSA) is 90.1 Å². The van der Waals surface area contributed by atoms with Gasteiger partial charge in [-0.1, -0.05) is 0 Å². The van der Waals surface area contributed by atoms with Gasteiger partial charge in [-0.25, -0.2) is 13.4 Å². The number of imidazole rings is 1. The third kappa shape index (κ3) is 2.73. The molecule has 3 atom stereocenters. The van der Waals surface area contributed by atoms with E-state index in [4.69, 9.17) is 0 Å². The molecule has 3 heterocycles. The second-order valence-electron chi connectivity index (χ2n) is 5.68. The molecule has 1 aromatic rings. The van der Waals surface area contributed by atoms with Crippen molar-refractivity contribution in [2.24, 2.45) is 0 Å². The molecule has 112 valence electrons. The van der Waals surface area contributed by atoms with Crippen LogP contribution in [0.15, 0.2) is 12.5 Å². The van der Waals surface area contributed by atoms with Crippen molar-refractivity contribution in [2.45, 2.75) is 36.7 Å². The minimum atomic E-state index is -3.05. The van der Waals surface area contributed by atoms with Crippen molar-refractivity contribution in [2.75, 3.05) is 19.3 Å². The van der Waals surface area contributed by atoms with Gasteiger partial charge >= 0.3 is 0 Å². The average molecular weight is 299 g/mol. The number of hydrazine groups is 1. The highest BCUT2D eigenvalue weighted by atomic mass is 32.2. The van der Waals surface area contributed by atoms with Crippen molar-refractivity contribution in [1.29, 1.82) is 0 Å². The van der Waals surface area contributed by atoms with E-state index in [1.807, 2.05) is 6.20 Å². The summed E-state index contributed by atoms with van der Waals surface area (Å²) in [6.07, 6.45) is 6.96. The van der Waals surface area contributed by atoms with Crippen molar-refractivity contribution < 1.29 is 8.42 Å². The first kappa shape index (κ1) is 14.0. The van der Waals surface area contributed by atoms with Gasteiger partial charge in [0.15, 0.2) is 9.84 Å². The molecule has 2 fully saturated rings. The molecular weight excluding hydrogens is 278 g/mol. The first-order valence-corrected chi connectivity index (χ1v) is 8.90. The lowest BCUT2D eigenvalue weighted by Crippen LogP contribution is -2.51. The van der Waals surface area contributed by atoms with Crippen molar-refractivity contribution in [3.63, 3.8) is 0 Å². The summed E-state index contributed by atoms with van der Waals surface area (Å²) in [6.45, 7) is 2.27. The summed E-state index contributed by atoms with van der Waals surface area (Å²) in [4.78, 5) is 9.49. The molecule has 2 aliphatic heterocycles. The molecule has 0 aliphatic carbocycles. The van der Waals surface area contributed by atoms with Gasteiger partial charge in [-0.15, -0.1) is 0 Å². The summed E-state index contributed by atoms with van der Waals surface area (Å²) >= 11 is 0. The molecule has 0 aromatic carbocycles. The number of rotatable bonds is 4. The van der Waals surface area contributed by atoms with Gasteiger partial charge in [0.2, 0.25) is 0 Å². The number of aromatic amines is 1. The Hall–Kier alpha value is -0.960. The highest BCUT2D eigenvalue weighted by molar-refractivity contribution is 7.91. The van der Waals surface area contributed by atoms with Gasteiger partial charge in [0.1, 0.15) is 0 Å². The summed E-state index contributed by atoms with van der Waals surface area (Å²) in [5.41, 5.74) is 7.25. The highest BCUT2D eigenvalue weighted by Crippen LogP contribution is 2.26. The van der Waals surface area contributed by atoms with Gasteiger partial charge in [-0.2, -0.15) is 0 Å². The number of aromatic nitrogens is 2. The van der Waals surface area contributed by atoms with Crippen molar-refractivity contribution in [1.82, 2.24) is 25.7 Å². The summed E-state index contributed by atoms with van der Waals surface area (Å²) in [6, 6.07) is 0.198. The summed E-state index contributed by atoms with van der Waals surface area (Å²) in [5, 5.41) is -0.352. The van der Waals surface area contributed by atoms with Crippen LogP contribution in [0.5, 0.6) is 0 Å². The number of nitrogens with zero attached hydrogens (tertiary/aromatic N) is 2. The van der Waals surface area contributed by atoms with Gasteiger partial charge < -0.3 is 4.98 Å². The summed E-state index contributed by atoms with van der Waals surface area (Å²) in [7, 11) is -3.05.